The summed E-state index contributed by atoms with van der Waals surface area (Å²) in [6.07, 6.45) is 3.08. The molecule has 1 aromatic rings. The molecule has 1 unspecified atom stereocenters. The van der Waals surface area contributed by atoms with Crippen molar-refractivity contribution >= 4 is 5.91 Å². The molecule has 1 atom stereocenters. The topological polar surface area (TPSA) is 83.8 Å². The second-order valence-corrected chi connectivity index (χ2v) is 2.09. The Labute approximate surface area is 64.0 Å². The minimum absolute atomic E-state index is 0.239. The number of likely N-dealkylation sites (N-methyl/N-ethyl adjacent to an activating group) is 1. The number of nitrogens with one attached hydrogen (secondary N) is 2. The highest BCUT2D eigenvalue weighted by Gasteiger charge is 2.14. The van der Waals surface area contributed by atoms with Crippen molar-refractivity contribution in [2.75, 3.05) is 7.05 Å². The molecule has 0 aromatic carbocycles. The molecule has 1 aromatic heterocycles. The number of imidazole rings is 1. The van der Waals surface area contributed by atoms with Gasteiger partial charge < -0.3 is 16.0 Å². The van der Waals surface area contributed by atoms with Crippen LogP contribution in [-0.4, -0.2) is 22.9 Å². The van der Waals surface area contributed by atoms with Gasteiger partial charge in [0.15, 0.2) is 0 Å². The molecule has 0 aliphatic rings. The van der Waals surface area contributed by atoms with Gasteiger partial charge in [0, 0.05) is 13.2 Å². The van der Waals surface area contributed by atoms with Crippen molar-refractivity contribution in [3.63, 3.8) is 0 Å². The van der Waals surface area contributed by atoms with Gasteiger partial charge in [0.2, 0.25) is 5.91 Å². The minimum Gasteiger partial charge on any atom is -0.357 e. The number of nitrogens with two attached hydrogens (primary N) is 1. The zero-order chi connectivity index (χ0) is 8.27. The van der Waals surface area contributed by atoms with E-state index in [1.807, 2.05) is 0 Å². The molecule has 4 N–H and O–H groups in total. The van der Waals surface area contributed by atoms with Crippen molar-refractivity contribution in [2.24, 2.45) is 5.73 Å². The van der Waals surface area contributed by atoms with Crippen LogP contribution in [0.4, 0.5) is 0 Å². The van der Waals surface area contributed by atoms with Crippen LogP contribution in [0.15, 0.2) is 12.5 Å². The maximum absolute atomic E-state index is 10.9. The maximum atomic E-state index is 10.9. The number of carbonyl (C=O) groups excluding carboxylic acids is 1. The van der Waals surface area contributed by atoms with Crippen LogP contribution in [0.2, 0.25) is 0 Å². The van der Waals surface area contributed by atoms with Crippen molar-refractivity contribution in [3.8, 4) is 0 Å². The first-order valence-electron chi connectivity index (χ1n) is 3.21. The summed E-state index contributed by atoms with van der Waals surface area (Å²) in [6, 6.07) is -0.675. The molecule has 0 spiro atoms. The third kappa shape index (κ3) is 1.56. The second-order valence-electron chi connectivity index (χ2n) is 2.09. The summed E-state index contributed by atoms with van der Waals surface area (Å²) in [4.78, 5) is 17.5. The molecule has 0 fully saturated rings. The quantitative estimate of drug-likeness (QED) is 0.519. The van der Waals surface area contributed by atoms with E-state index in [0.717, 1.165) is 0 Å². The fourth-order valence-electron chi connectivity index (χ4n) is 0.732. The van der Waals surface area contributed by atoms with Crippen LogP contribution in [0.3, 0.4) is 0 Å². The van der Waals surface area contributed by atoms with E-state index in [1.54, 1.807) is 6.20 Å². The van der Waals surface area contributed by atoms with Crippen LogP contribution in [-0.2, 0) is 4.79 Å². The minimum atomic E-state index is -0.675. The average molecular weight is 154 g/mol. The average Bonchev–Trinajstić information content (AvgIpc) is 2.53. The van der Waals surface area contributed by atoms with Gasteiger partial charge in [0.25, 0.3) is 0 Å². The van der Waals surface area contributed by atoms with E-state index in [0.29, 0.717) is 5.69 Å². The molecule has 0 radical (unpaired) electrons. The number of aromatic nitrogens is 2. The standard InChI is InChI=1S/C6H10N4O/c1-8-6(11)5(7)4-2-9-3-10-4/h2-3,5H,7H2,1H3,(H,8,11)(H,9,10). The van der Waals surface area contributed by atoms with Crippen LogP contribution in [0.5, 0.6) is 0 Å². The van der Waals surface area contributed by atoms with E-state index >= 15 is 0 Å². The molecule has 11 heavy (non-hydrogen) atoms. The molecule has 0 saturated heterocycles. The maximum Gasteiger partial charge on any atom is 0.242 e. The Kier molecular flexibility index (Phi) is 2.22. The van der Waals surface area contributed by atoms with Crippen molar-refractivity contribution in [3.05, 3.63) is 18.2 Å². The number of H-pyrrole nitrogens is 1. The lowest BCUT2D eigenvalue weighted by Gasteiger charge is -2.05. The molecule has 0 aliphatic heterocycles. The molecular formula is C6H10N4O. The molecule has 1 heterocycles. The second kappa shape index (κ2) is 3.16. The predicted molar refractivity (Wildman–Crippen MR) is 39.6 cm³/mol. The van der Waals surface area contributed by atoms with Crippen LogP contribution in [0, 0.1) is 0 Å². The zero-order valence-corrected chi connectivity index (χ0v) is 6.16. The summed E-state index contributed by atoms with van der Waals surface area (Å²) >= 11 is 0. The summed E-state index contributed by atoms with van der Waals surface area (Å²) in [5, 5.41) is 2.44. The summed E-state index contributed by atoms with van der Waals surface area (Å²) in [5.41, 5.74) is 6.04. The number of aromatic amines is 1. The largest absolute Gasteiger partial charge is 0.357 e. The van der Waals surface area contributed by atoms with Gasteiger partial charge in [-0.1, -0.05) is 0 Å². The Hall–Kier alpha value is -1.36. The van der Waals surface area contributed by atoms with E-state index in [9.17, 15) is 4.79 Å². The monoisotopic (exact) mass is 154 g/mol. The highest BCUT2D eigenvalue weighted by Crippen LogP contribution is 2.03. The SMILES string of the molecule is CNC(=O)C(N)c1c[nH]cn1. The Morgan fingerprint density at radius 2 is 2.64 bits per heavy atom. The molecular weight excluding hydrogens is 144 g/mol. The van der Waals surface area contributed by atoms with Crippen LogP contribution in [0.1, 0.15) is 11.7 Å². The third-order valence-electron chi connectivity index (χ3n) is 1.37. The lowest BCUT2D eigenvalue weighted by atomic mass is 10.2. The van der Waals surface area contributed by atoms with E-state index in [4.69, 9.17) is 5.73 Å². The van der Waals surface area contributed by atoms with Gasteiger partial charge in [-0.25, -0.2) is 4.98 Å². The fourth-order valence-corrected chi connectivity index (χ4v) is 0.732. The molecule has 1 amide bonds. The zero-order valence-electron chi connectivity index (χ0n) is 6.16. The highest BCUT2D eigenvalue weighted by atomic mass is 16.2. The van der Waals surface area contributed by atoms with Crippen LogP contribution in [0.25, 0.3) is 0 Å². The van der Waals surface area contributed by atoms with E-state index in [2.05, 4.69) is 15.3 Å². The normalized spacial score (nSPS) is 12.5. The van der Waals surface area contributed by atoms with Gasteiger partial charge in [0.05, 0.1) is 12.0 Å². The molecule has 0 saturated carbocycles. The molecule has 0 bridgehead atoms. The Morgan fingerprint density at radius 3 is 3.09 bits per heavy atom. The lowest BCUT2D eigenvalue weighted by Crippen LogP contribution is -2.31. The van der Waals surface area contributed by atoms with Gasteiger partial charge in [-0.15, -0.1) is 0 Å². The van der Waals surface area contributed by atoms with Gasteiger partial charge in [-0.2, -0.15) is 0 Å². The molecule has 5 nitrogen and oxygen atoms in total. The van der Waals surface area contributed by atoms with E-state index in [1.165, 1.54) is 13.4 Å². The molecule has 5 heteroatoms. The van der Waals surface area contributed by atoms with Crippen LogP contribution < -0.4 is 11.1 Å². The number of rotatable bonds is 2. The van der Waals surface area contributed by atoms with Crippen molar-refractivity contribution in [1.82, 2.24) is 15.3 Å². The Bertz CT molecular complexity index is 231. The van der Waals surface area contributed by atoms with Gasteiger partial charge >= 0.3 is 0 Å². The van der Waals surface area contributed by atoms with Gasteiger partial charge in [0.1, 0.15) is 6.04 Å². The van der Waals surface area contributed by atoms with Gasteiger partial charge in [-0.3, -0.25) is 4.79 Å². The predicted octanol–water partition coefficient (Wildman–Crippen LogP) is -0.844. The van der Waals surface area contributed by atoms with Crippen molar-refractivity contribution < 1.29 is 4.79 Å². The molecule has 60 valence electrons. The fraction of sp³-hybridized carbons (Fsp3) is 0.333. The molecule has 0 aliphatic carbocycles. The third-order valence-corrected chi connectivity index (χ3v) is 1.37. The molecule has 1 rings (SSSR count). The Morgan fingerprint density at radius 1 is 1.91 bits per heavy atom. The highest BCUT2D eigenvalue weighted by molar-refractivity contribution is 5.81. The first-order valence-corrected chi connectivity index (χ1v) is 3.21. The summed E-state index contributed by atoms with van der Waals surface area (Å²) in [7, 11) is 1.54. The Balaban J connectivity index is 2.70. The number of amides is 1. The summed E-state index contributed by atoms with van der Waals surface area (Å²) in [6.45, 7) is 0. The number of hydrogen-bond acceptors (Lipinski definition) is 3. The number of hydrogen-bond donors (Lipinski definition) is 3. The smallest absolute Gasteiger partial charge is 0.242 e. The van der Waals surface area contributed by atoms with Crippen molar-refractivity contribution in [2.45, 2.75) is 6.04 Å². The number of carbonyl (C=O) groups is 1. The van der Waals surface area contributed by atoms with E-state index < -0.39 is 6.04 Å². The first-order chi connectivity index (χ1) is 5.25. The summed E-state index contributed by atoms with van der Waals surface area (Å²) < 4.78 is 0. The number of nitrogens with zero attached hydrogens (tertiary/aromatic N) is 1. The lowest BCUT2D eigenvalue weighted by molar-refractivity contribution is -0.122. The summed E-state index contributed by atoms with van der Waals surface area (Å²) in [5.74, 6) is -0.239. The van der Waals surface area contributed by atoms with Gasteiger partial charge in [-0.05, 0) is 0 Å². The first kappa shape index (κ1) is 7.74. The van der Waals surface area contributed by atoms with E-state index in [-0.39, 0.29) is 5.91 Å². The van der Waals surface area contributed by atoms with Crippen LogP contribution >= 0.6 is 0 Å². The van der Waals surface area contributed by atoms with Crippen molar-refractivity contribution in [1.29, 1.82) is 0 Å².